The number of hydrogen-bond donors (Lipinski definition) is 2. The Kier molecular flexibility index (Phi) is 6.23. The van der Waals surface area contributed by atoms with Crippen LogP contribution in [0.5, 0.6) is 5.75 Å². The van der Waals surface area contributed by atoms with Crippen LogP contribution >= 0.6 is 0 Å². The summed E-state index contributed by atoms with van der Waals surface area (Å²) < 4.78 is 5.53. The van der Waals surface area contributed by atoms with Crippen LogP contribution in [0.3, 0.4) is 0 Å². The first-order valence-electron chi connectivity index (χ1n) is 8.90. The lowest BCUT2D eigenvalue weighted by Crippen LogP contribution is -2.38. The summed E-state index contributed by atoms with van der Waals surface area (Å²) >= 11 is 0. The zero-order valence-electron chi connectivity index (χ0n) is 15.3. The van der Waals surface area contributed by atoms with E-state index in [1.54, 1.807) is 7.11 Å². The molecule has 1 atom stereocenters. The molecule has 0 saturated carbocycles. The monoisotopic (exact) mass is 361 g/mol. The van der Waals surface area contributed by atoms with Gasteiger partial charge in [0.1, 0.15) is 11.8 Å². The van der Waals surface area contributed by atoms with E-state index in [4.69, 9.17) is 4.74 Å². The maximum Gasteiger partial charge on any atom is 0.321 e. The molecular weight excluding hydrogens is 338 g/mol. The molecule has 0 saturated heterocycles. The van der Waals surface area contributed by atoms with Crippen LogP contribution in [0.25, 0.3) is 11.1 Å². The van der Waals surface area contributed by atoms with E-state index in [0.717, 1.165) is 28.0 Å². The van der Waals surface area contributed by atoms with E-state index in [-0.39, 0.29) is 0 Å². The quantitative estimate of drug-likeness (QED) is 0.633. The Morgan fingerprint density at radius 2 is 1.63 bits per heavy atom. The van der Waals surface area contributed by atoms with E-state index in [0.29, 0.717) is 13.0 Å². The van der Waals surface area contributed by atoms with Crippen LogP contribution in [-0.2, 0) is 17.8 Å². The van der Waals surface area contributed by atoms with Crippen LogP contribution in [-0.4, -0.2) is 24.2 Å². The van der Waals surface area contributed by atoms with Crippen molar-refractivity contribution in [2.45, 2.75) is 19.0 Å². The molecule has 0 aliphatic rings. The Labute approximate surface area is 159 Å². The number of nitrogens with one attached hydrogen (secondary N) is 1. The molecule has 2 N–H and O–H groups in total. The fourth-order valence-corrected chi connectivity index (χ4v) is 3.03. The van der Waals surface area contributed by atoms with Gasteiger partial charge in [-0.1, -0.05) is 72.8 Å². The van der Waals surface area contributed by atoms with Gasteiger partial charge < -0.3 is 9.84 Å². The van der Waals surface area contributed by atoms with Crippen molar-refractivity contribution in [3.8, 4) is 16.9 Å². The number of carboxylic acids is 1. The molecule has 3 rings (SSSR count). The SMILES string of the molecule is COc1cc(-c2ccccc2)ccc1CNC(Cc1ccccc1)C(=O)O. The van der Waals surface area contributed by atoms with Crippen LogP contribution in [0, 0.1) is 0 Å². The van der Waals surface area contributed by atoms with Gasteiger partial charge in [-0.15, -0.1) is 0 Å². The van der Waals surface area contributed by atoms with E-state index >= 15 is 0 Å². The lowest BCUT2D eigenvalue weighted by Gasteiger charge is -2.17. The first-order chi connectivity index (χ1) is 13.2. The fourth-order valence-electron chi connectivity index (χ4n) is 3.03. The molecule has 3 aromatic rings. The van der Waals surface area contributed by atoms with E-state index in [1.165, 1.54) is 0 Å². The van der Waals surface area contributed by atoms with Crippen molar-refractivity contribution in [3.63, 3.8) is 0 Å². The average molecular weight is 361 g/mol. The normalized spacial score (nSPS) is 11.7. The Hall–Kier alpha value is -3.11. The summed E-state index contributed by atoms with van der Waals surface area (Å²) in [5.41, 5.74) is 4.10. The third-order valence-electron chi connectivity index (χ3n) is 4.51. The van der Waals surface area contributed by atoms with E-state index in [9.17, 15) is 9.90 Å². The second-order valence-electron chi connectivity index (χ2n) is 6.35. The van der Waals surface area contributed by atoms with Gasteiger partial charge in [0.15, 0.2) is 0 Å². The molecular formula is C23H23NO3. The third-order valence-corrected chi connectivity index (χ3v) is 4.51. The Balaban J connectivity index is 1.73. The van der Waals surface area contributed by atoms with Crippen molar-refractivity contribution in [1.29, 1.82) is 0 Å². The highest BCUT2D eigenvalue weighted by molar-refractivity contribution is 5.74. The predicted octanol–water partition coefficient (Wildman–Crippen LogP) is 4.15. The molecule has 0 heterocycles. The molecule has 0 fully saturated rings. The summed E-state index contributed by atoms with van der Waals surface area (Å²) in [6, 6.07) is 25.0. The summed E-state index contributed by atoms with van der Waals surface area (Å²) in [6.45, 7) is 0.419. The zero-order chi connectivity index (χ0) is 19.1. The Morgan fingerprint density at radius 3 is 2.26 bits per heavy atom. The van der Waals surface area contributed by atoms with Gasteiger partial charge in [0, 0.05) is 12.1 Å². The molecule has 4 heteroatoms. The van der Waals surface area contributed by atoms with Crippen LogP contribution in [0.2, 0.25) is 0 Å². The van der Waals surface area contributed by atoms with Crippen molar-refractivity contribution in [2.24, 2.45) is 0 Å². The number of carboxylic acid groups (broad SMARTS) is 1. The number of carbonyl (C=O) groups is 1. The van der Waals surface area contributed by atoms with Crippen molar-refractivity contribution >= 4 is 5.97 Å². The van der Waals surface area contributed by atoms with E-state index < -0.39 is 12.0 Å². The molecule has 3 aromatic carbocycles. The van der Waals surface area contributed by atoms with Gasteiger partial charge in [0.05, 0.1) is 7.11 Å². The topological polar surface area (TPSA) is 58.6 Å². The number of methoxy groups -OCH3 is 1. The molecule has 4 nitrogen and oxygen atoms in total. The molecule has 0 aliphatic heterocycles. The highest BCUT2D eigenvalue weighted by atomic mass is 16.5. The van der Waals surface area contributed by atoms with Gasteiger partial charge in [0.2, 0.25) is 0 Å². The molecule has 0 bridgehead atoms. The standard InChI is InChI=1S/C23H23NO3/c1-27-22-15-19(18-10-6-3-7-11-18)12-13-20(22)16-24-21(23(25)26)14-17-8-4-2-5-9-17/h2-13,15,21,24H,14,16H2,1H3,(H,25,26). The number of benzene rings is 3. The maximum absolute atomic E-state index is 11.6. The maximum atomic E-state index is 11.6. The number of aliphatic carboxylic acids is 1. The second-order valence-corrected chi connectivity index (χ2v) is 6.35. The lowest BCUT2D eigenvalue weighted by atomic mass is 10.0. The van der Waals surface area contributed by atoms with Gasteiger partial charge in [-0.2, -0.15) is 0 Å². The lowest BCUT2D eigenvalue weighted by molar-refractivity contribution is -0.139. The van der Waals surface area contributed by atoms with Gasteiger partial charge in [0.25, 0.3) is 0 Å². The van der Waals surface area contributed by atoms with Crippen molar-refractivity contribution in [1.82, 2.24) is 5.32 Å². The van der Waals surface area contributed by atoms with Crippen LogP contribution in [0.1, 0.15) is 11.1 Å². The van der Waals surface area contributed by atoms with Crippen molar-refractivity contribution in [3.05, 3.63) is 90.0 Å². The van der Waals surface area contributed by atoms with Crippen molar-refractivity contribution < 1.29 is 14.6 Å². The Morgan fingerprint density at radius 1 is 0.963 bits per heavy atom. The Bertz CT molecular complexity index is 879. The zero-order valence-corrected chi connectivity index (χ0v) is 15.3. The minimum Gasteiger partial charge on any atom is -0.496 e. The second kappa shape index (κ2) is 9.01. The average Bonchev–Trinajstić information content (AvgIpc) is 2.72. The van der Waals surface area contributed by atoms with Gasteiger partial charge in [-0.05, 0) is 29.2 Å². The highest BCUT2D eigenvalue weighted by Gasteiger charge is 2.18. The first-order valence-corrected chi connectivity index (χ1v) is 8.90. The molecule has 0 spiro atoms. The van der Waals surface area contributed by atoms with Gasteiger partial charge in [-0.3, -0.25) is 10.1 Å². The third kappa shape index (κ3) is 4.96. The number of hydrogen-bond acceptors (Lipinski definition) is 3. The van der Waals surface area contributed by atoms with Crippen LogP contribution in [0.15, 0.2) is 78.9 Å². The summed E-state index contributed by atoms with van der Waals surface area (Å²) in [5, 5.41) is 12.7. The van der Waals surface area contributed by atoms with Gasteiger partial charge >= 0.3 is 5.97 Å². The molecule has 0 aliphatic carbocycles. The molecule has 1 unspecified atom stereocenters. The minimum atomic E-state index is -0.862. The largest absolute Gasteiger partial charge is 0.496 e. The first kappa shape index (κ1) is 18.7. The summed E-state index contributed by atoms with van der Waals surface area (Å²) in [7, 11) is 1.63. The van der Waals surface area contributed by atoms with E-state index in [2.05, 4.69) is 5.32 Å². The van der Waals surface area contributed by atoms with Crippen LogP contribution < -0.4 is 10.1 Å². The van der Waals surface area contributed by atoms with Crippen LogP contribution in [0.4, 0.5) is 0 Å². The molecule has 0 radical (unpaired) electrons. The summed E-state index contributed by atoms with van der Waals surface area (Å²) in [6.07, 6.45) is 0.431. The number of rotatable bonds is 8. The predicted molar refractivity (Wildman–Crippen MR) is 107 cm³/mol. The molecule has 27 heavy (non-hydrogen) atoms. The molecule has 0 amide bonds. The minimum absolute atomic E-state index is 0.419. The molecule has 138 valence electrons. The van der Waals surface area contributed by atoms with E-state index in [1.807, 2.05) is 78.9 Å². The number of ether oxygens (including phenoxy) is 1. The summed E-state index contributed by atoms with van der Waals surface area (Å²) in [5.74, 6) is -0.119. The summed E-state index contributed by atoms with van der Waals surface area (Å²) in [4.78, 5) is 11.6. The smallest absolute Gasteiger partial charge is 0.321 e. The highest BCUT2D eigenvalue weighted by Crippen LogP contribution is 2.27. The molecule has 0 aromatic heterocycles. The van der Waals surface area contributed by atoms with Gasteiger partial charge in [-0.25, -0.2) is 0 Å². The fraction of sp³-hybridized carbons (Fsp3) is 0.174. The van der Waals surface area contributed by atoms with Crippen molar-refractivity contribution in [2.75, 3.05) is 7.11 Å².